The van der Waals surface area contributed by atoms with Gasteiger partial charge in [0.15, 0.2) is 0 Å². The second-order valence-electron chi connectivity index (χ2n) is 5.10. The van der Waals surface area contributed by atoms with Gasteiger partial charge in [0.2, 0.25) is 0 Å². The number of nitrogens with one attached hydrogen (secondary N) is 2. The largest absolute Gasteiger partial charge is 0.360 e. The van der Waals surface area contributed by atoms with E-state index in [0.717, 1.165) is 11.6 Å². The Kier molecular flexibility index (Phi) is 6.17. The van der Waals surface area contributed by atoms with Crippen LogP contribution in [0, 0.1) is 28.4 Å². The van der Waals surface area contributed by atoms with E-state index >= 15 is 0 Å². The van der Waals surface area contributed by atoms with Crippen LogP contribution in [-0.2, 0) is 4.79 Å². The maximum Gasteiger partial charge on any atom is 0.289 e. The Labute approximate surface area is 159 Å². The van der Waals surface area contributed by atoms with E-state index in [0.29, 0.717) is 10.7 Å². The molecule has 0 unspecified atom stereocenters. The Morgan fingerprint density at radius 1 is 1.27 bits per heavy atom. The molecule has 7 nitrogen and oxygen atoms in total. The standard InChI is InChI=1S/C17H12Cl2N4O3/c1-10-13(18)3-2-4-15(10)21-9-11(8-20)17(24)22-12-5-6-14(19)16(7-12)23(25)26/h2-7,9,21H,1H3,(H,22,24)/b11-9-. The number of amides is 1. The highest BCUT2D eigenvalue weighted by molar-refractivity contribution is 6.32. The number of nitrogens with zero attached hydrogens (tertiary/aromatic N) is 2. The number of carbonyl (C=O) groups is 1. The molecule has 9 heteroatoms. The number of halogens is 2. The minimum absolute atomic E-state index is 0.0536. The summed E-state index contributed by atoms with van der Waals surface area (Å²) in [5.41, 5.74) is 0.976. The number of carbonyl (C=O) groups excluding carboxylic acids is 1. The van der Waals surface area contributed by atoms with E-state index in [2.05, 4.69) is 10.6 Å². The SMILES string of the molecule is Cc1c(Cl)cccc1N/C=C(/C#N)C(=O)Nc1ccc(Cl)c([N+](=O)[O-])c1. The van der Waals surface area contributed by atoms with Gasteiger partial charge in [-0.05, 0) is 36.8 Å². The average Bonchev–Trinajstić information content (AvgIpc) is 2.60. The zero-order chi connectivity index (χ0) is 19.3. The van der Waals surface area contributed by atoms with Crippen LogP contribution in [0.25, 0.3) is 0 Å². The highest BCUT2D eigenvalue weighted by atomic mass is 35.5. The zero-order valence-electron chi connectivity index (χ0n) is 13.4. The molecule has 0 radical (unpaired) electrons. The summed E-state index contributed by atoms with van der Waals surface area (Å²) in [7, 11) is 0. The van der Waals surface area contributed by atoms with Gasteiger partial charge in [-0.25, -0.2) is 0 Å². The van der Waals surface area contributed by atoms with Crippen molar-refractivity contribution >= 4 is 46.2 Å². The molecule has 2 N–H and O–H groups in total. The number of hydrogen-bond acceptors (Lipinski definition) is 5. The van der Waals surface area contributed by atoms with Crippen LogP contribution in [0.4, 0.5) is 17.1 Å². The molecule has 2 aromatic carbocycles. The number of nitriles is 1. The predicted molar refractivity (Wildman–Crippen MR) is 100 cm³/mol. The molecular formula is C17H12Cl2N4O3. The summed E-state index contributed by atoms with van der Waals surface area (Å²) in [6.07, 6.45) is 1.23. The quantitative estimate of drug-likeness (QED) is 0.333. The Morgan fingerprint density at radius 2 is 2.00 bits per heavy atom. The number of hydrogen-bond donors (Lipinski definition) is 2. The van der Waals surface area contributed by atoms with Gasteiger partial charge in [0.1, 0.15) is 16.7 Å². The summed E-state index contributed by atoms with van der Waals surface area (Å²) in [4.78, 5) is 22.4. The molecule has 0 aliphatic heterocycles. The maximum absolute atomic E-state index is 12.2. The van der Waals surface area contributed by atoms with Crippen LogP contribution in [0.3, 0.4) is 0 Å². The lowest BCUT2D eigenvalue weighted by Crippen LogP contribution is -2.14. The third kappa shape index (κ3) is 4.51. The normalized spacial score (nSPS) is 10.8. The van der Waals surface area contributed by atoms with Crippen molar-refractivity contribution in [2.75, 3.05) is 10.6 Å². The molecule has 0 saturated heterocycles. The van der Waals surface area contributed by atoms with Crippen LogP contribution in [0.1, 0.15) is 5.56 Å². The molecule has 1 amide bonds. The van der Waals surface area contributed by atoms with Crippen LogP contribution in [0.2, 0.25) is 10.0 Å². The van der Waals surface area contributed by atoms with Gasteiger partial charge < -0.3 is 10.6 Å². The van der Waals surface area contributed by atoms with Crippen molar-refractivity contribution < 1.29 is 9.72 Å². The lowest BCUT2D eigenvalue weighted by atomic mass is 10.2. The van der Waals surface area contributed by atoms with Crippen molar-refractivity contribution in [3.63, 3.8) is 0 Å². The van der Waals surface area contributed by atoms with Crippen LogP contribution in [0.15, 0.2) is 48.2 Å². The summed E-state index contributed by atoms with van der Waals surface area (Å²) in [6.45, 7) is 1.79. The topological polar surface area (TPSA) is 108 Å². The van der Waals surface area contributed by atoms with Gasteiger partial charge in [-0.1, -0.05) is 29.3 Å². The van der Waals surface area contributed by atoms with Crippen molar-refractivity contribution in [3.8, 4) is 6.07 Å². The minimum Gasteiger partial charge on any atom is -0.360 e. The first-order valence-electron chi connectivity index (χ1n) is 7.20. The van der Waals surface area contributed by atoms with E-state index in [1.54, 1.807) is 31.2 Å². The number of nitro groups is 1. The van der Waals surface area contributed by atoms with Gasteiger partial charge >= 0.3 is 0 Å². The molecule has 2 aromatic rings. The number of benzene rings is 2. The molecule has 0 heterocycles. The highest BCUT2D eigenvalue weighted by Gasteiger charge is 2.15. The summed E-state index contributed by atoms with van der Waals surface area (Å²) in [5.74, 6) is -0.726. The van der Waals surface area contributed by atoms with Gasteiger partial charge in [-0.2, -0.15) is 5.26 Å². The lowest BCUT2D eigenvalue weighted by molar-refractivity contribution is -0.384. The molecule has 0 spiro atoms. The van der Waals surface area contributed by atoms with E-state index in [-0.39, 0.29) is 22.0 Å². The predicted octanol–water partition coefficient (Wildman–Crippen LogP) is 4.67. The van der Waals surface area contributed by atoms with Crippen molar-refractivity contribution in [1.82, 2.24) is 0 Å². The lowest BCUT2D eigenvalue weighted by Gasteiger charge is -2.08. The Bertz CT molecular complexity index is 952. The van der Waals surface area contributed by atoms with Gasteiger partial charge in [-0.15, -0.1) is 0 Å². The Balaban J connectivity index is 2.19. The molecule has 0 aliphatic carbocycles. The Hall–Kier alpha value is -3.08. The maximum atomic E-state index is 12.2. The third-order valence-electron chi connectivity index (χ3n) is 3.41. The summed E-state index contributed by atoms with van der Waals surface area (Å²) in [6, 6.07) is 10.8. The van der Waals surface area contributed by atoms with Gasteiger partial charge in [-0.3, -0.25) is 14.9 Å². The van der Waals surface area contributed by atoms with E-state index < -0.39 is 10.8 Å². The molecular weight excluding hydrogens is 379 g/mol. The second-order valence-corrected chi connectivity index (χ2v) is 5.92. The number of nitro benzene ring substituents is 1. The first kappa shape index (κ1) is 19.2. The fraction of sp³-hybridized carbons (Fsp3) is 0.0588. The van der Waals surface area contributed by atoms with Gasteiger partial charge in [0.05, 0.1) is 4.92 Å². The highest BCUT2D eigenvalue weighted by Crippen LogP contribution is 2.27. The molecule has 132 valence electrons. The van der Waals surface area contributed by atoms with E-state index in [1.165, 1.54) is 18.3 Å². The fourth-order valence-electron chi connectivity index (χ4n) is 1.99. The number of anilines is 2. The van der Waals surface area contributed by atoms with Crippen LogP contribution < -0.4 is 10.6 Å². The van der Waals surface area contributed by atoms with Crippen molar-refractivity contribution in [2.24, 2.45) is 0 Å². The van der Waals surface area contributed by atoms with Gasteiger partial charge in [0.25, 0.3) is 11.6 Å². The van der Waals surface area contributed by atoms with Crippen molar-refractivity contribution in [2.45, 2.75) is 6.92 Å². The summed E-state index contributed by atoms with van der Waals surface area (Å²) in [5, 5.41) is 25.8. The third-order valence-corrected chi connectivity index (χ3v) is 4.13. The molecule has 2 rings (SSSR count). The zero-order valence-corrected chi connectivity index (χ0v) is 14.9. The molecule has 26 heavy (non-hydrogen) atoms. The molecule has 0 atom stereocenters. The van der Waals surface area contributed by atoms with E-state index in [4.69, 9.17) is 23.2 Å². The summed E-state index contributed by atoms with van der Waals surface area (Å²) >= 11 is 11.7. The molecule has 0 bridgehead atoms. The van der Waals surface area contributed by atoms with Crippen molar-refractivity contribution in [3.05, 3.63) is 73.9 Å². The van der Waals surface area contributed by atoms with E-state index in [9.17, 15) is 20.2 Å². The summed E-state index contributed by atoms with van der Waals surface area (Å²) < 4.78 is 0. The fourth-order valence-corrected chi connectivity index (χ4v) is 2.35. The van der Waals surface area contributed by atoms with Crippen LogP contribution in [-0.4, -0.2) is 10.8 Å². The molecule has 0 saturated carbocycles. The molecule has 0 fully saturated rings. The van der Waals surface area contributed by atoms with Crippen LogP contribution in [0.5, 0.6) is 0 Å². The van der Waals surface area contributed by atoms with Crippen LogP contribution >= 0.6 is 23.2 Å². The van der Waals surface area contributed by atoms with Gasteiger partial charge in [0, 0.05) is 28.7 Å². The first-order valence-corrected chi connectivity index (χ1v) is 7.96. The number of rotatable bonds is 5. The first-order chi connectivity index (χ1) is 12.3. The molecule has 0 aromatic heterocycles. The smallest absolute Gasteiger partial charge is 0.289 e. The van der Waals surface area contributed by atoms with E-state index in [1.807, 2.05) is 0 Å². The Morgan fingerprint density at radius 3 is 2.65 bits per heavy atom. The monoisotopic (exact) mass is 390 g/mol. The second kappa shape index (κ2) is 8.34. The molecule has 0 aliphatic rings. The average molecular weight is 391 g/mol. The van der Waals surface area contributed by atoms with Crippen molar-refractivity contribution in [1.29, 1.82) is 5.26 Å². The minimum atomic E-state index is -0.726.